The van der Waals surface area contributed by atoms with E-state index < -0.39 is 0 Å². The highest BCUT2D eigenvalue weighted by Crippen LogP contribution is 2.41. The summed E-state index contributed by atoms with van der Waals surface area (Å²) >= 11 is 0. The third-order valence-electron chi connectivity index (χ3n) is 3.34. The Labute approximate surface area is 74.5 Å². The minimum atomic E-state index is -0.182. The van der Waals surface area contributed by atoms with Crippen LogP contribution in [0, 0.1) is 11.3 Å². The predicted octanol–water partition coefficient (Wildman–Crippen LogP) is 2.08. The number of primary amides is 1. The van der Waals surface area contributed by atoms with Crippen molar-refractivity contribution in [3.8, 4) is 0 Å². The lowest BCUT2D eigenvalue weighted by Gasteiger charge is -2.37. The largest absolute Gasteiger partial charge is 0.369 e. The number of carbonyl (C=O) groups excluding carboxylic acids is 1. The molecule has 2 heteroatoms. The Hall–Kier alpha value is -0.530. The highest BCUT2D eigenvalue weighted by molar-refractivity contribution is 5.81. The lowest BCUT2D eigenvalue weighted by atomic mass is 9.66. The van der Waals surface area contributed by atoms with Crippen LogP contribution in [-0.2, 0) is 4.79 Å². The van der Waals surface area contributed by atoms with E-state index in [1.807, 2.05) is 0 Å². The van der Waals surface area contributed by atoms with E-state index in [0.29, 0.717) is 5.92 Å². The second kappa shape index (κ2) is 3.46. The fraction of sp³-hybridized carbons (Fsp3) is 0.900. The summed E-state index contributed by atoms with van der Waals surface area (Å²) in [4.78, 5) is 11.3. The van der Waals surface area contributed by atoms with Gasteiger partial charge in [-0.3, -0.25) is 4.79 Å². The predicted molar refractivity (Wildman–Crippen MR) is 49.6 cm³/mol. The van der Waals surface area contributed by atoms with Gasteiger partial charge in [-0.15, -0.1) is 0 Å². The van der Waals surface area contributed by atoms with Gasteiger partial charge in [-0.2, -0.15) is 0 Å². The summed E-state index contributed by atoms with van der Waals surface area (Å²) < 4.78 is 0. The van der Waals surface area contributed by atoms with Gasteiger partial charge in [0.15, 0.2) is 0 Å². The van der Waals surface area contributed by atoms with Gasteiger partial charge in [0, 0.05) is 0 Å². The topological polar surface area (TPSA) is 43.1 Å². The maximum Gasteiger partial charge on any atom is 0.223 e. The molecule has 1 saturated carbocycles. The van der Waals surface area contributed by atoms with Crippen molar-refractivity contribution in [2.24, 2.45) is 17.1 Å². The van der Waals surface area contributed by atoms with E-state index in [2.05, 4.69) is 13.8 Å². The van der Waals surface area contributed by atoms with E-state index in [9.17, 15) is 4.79 Å². The maximum absolute atomic E-state index is 11.3. The molecule has 0 unspecified atom stereocenters. The van der Waals surface area contributed by atoms with E-state index >= 15 is 0 Å². The zero-order valence-corrected chi connectivity index (χ0v) is 8.10. The fourth-order valence-corrected chi connectivity index (χ4v) is 2.29. The van der Waals surface area contributed by atoms with E-state index in [0.717, 1.165) is 12.8 Å². The summed E-state index contributed by atoms with van der Waals surface area (Å²) in [5, 5.41) is 0. The van der Waals surface area contributed by atoms with Crippen LogP contribution >= 0.6 is 0 Å². The molecule has 0 aliphatic heterocycles. The van der Waals surface area contributed by atoms with Crippen molar-refractivity contribution in [2.75, 3.05) is 0 Å². The normalized spacial score (nSPS) is 22.6. The number of nitrogens with two attached hydrogens (primary N) is 1. The lowest BCUT2D eigenvalue weighted by molar-refractivity contribution is -0.132. The first-order valence-electron chi connectivity index (χ1n) is 4.89. The molecule has 0 aromatic rings. The van der Waals surface area contributed by atoms with Gasteiger partial charge in [0.2, 0.25) is 5.91 Å². The summed E-state index contributed by atoms with van der Waals surface area (Å²) in [5.74, 6) is 0.313. The monoisotopic (exact) mass is 169 g/mol. The van der Waals surface area contributed by atoms with Gasteiger partial charge in [0.25, 0.3) is 0 Å². The van der Waals surface area contributed by atoms with E-state index in [-0.39, 0.29) is 11.3 Å². The molecule has 2 nitrogen and oxygen atoms in total. The second-order valence-electron chi connectivity index (χ2n) is 4.24. The molecule has 1 aliphatic carbocycles. The Kier molecular flexibility index (Phi) is 2.76. The Morgan fingerprint density at radius 1 is 1.25 bits per heavy atom. The van der Waals surface area contributed by atoms with Crippen LogP contribution in [0.1, 0.15) is 46.0 Å². The second-order valence-corrected chi connectivity index (χ2v) is 4.24. The van der Waals surface area contributed by atoms with Crippen molar-refractivity contribution in [2.45, 2.75) is 46.0 Å². The van der Waals surface area contributed by atoms with E-state index in [1.54, 1.807) is 0 Å². The first-order valence-corrected chi connectivity index (χ1v) is 4.89. The molecule has 0 spiro atoms. The Balaban J connectivity index is 2.77. The van der Waals surface area contributed by atoms with Crippen molar-refractivity contribution in [1.29, 1.82) is 0 Å². The standard InChI is InChI=1S/C10H19NO/c1-8(2)10(9(11)12)6-4-3-5-7-10/h8H,3-7H2,1-2H3,(H2,11,12). The maximum atomic E-state index is 11.3. The molecular formula is C10H19NO. The van der Waals surface area contributed by atoms with E-state index in [4.69, 9.17) is 5.73 Å². The highest BCUT2D eigenvalue weighted by Gasteiger charge is 2.40. The van der Waals surface area contributed by atoms with Crippen LogP contribution in [0.4, 0.5) is 0 Å². The van der Waals surface area contributed by atoms with Gasteiger partial charge in [0.1, 0.15) is 0 Å². The fourth-order valence-electron chi connectivity index (χ4n) is 2.29. The van der Waals surface area contributed by atoms with E-state index in [1.165, 1.54) is 19.3 Å². The molecule has 1 amide bonds. The molecule has 0 atom stereocenters. The molecule has 1 rings (SSSR count). The summed E-state index contributed by atoms with van der Waals surface area (Å²) in [7, 11) is 0. The number of amides is 1. The third kappa shape index (κ3) is 1.47. The number of hydrogen-bond donors (Lipinski definition) is 1. The lowest BCUT2D eigenvalue weighted by Crippen LogP contribution is -2.42. The third-order valence-corrected chi connectivity index (χ3v) is 3.34. The zero-order valence-electron chi connectivity index (χ0n) is 8.10. The van der Waals surface area contributed by atoms with Gasteiger partial charge in [-0.1, -0.05) is 33.1 Å². The summed E-state index contributed by atoms with van der Waals surface area (Å²) in [5.41, 5.74) is 5.28. The summed E-state index contributed by atoms with van der Waals surface area (Å²) in [6, 6.07) is 0. The molecule has 70 valence electrons. The Bertz CT molecular complexity index is 169. The number of hydrogen-bond acceptors (Lipinski definition) is 1. The van der Waals surface area contributed by atoms with Crippen molar-refractivity contribution < 1.29 is 4.79 Å². The number of rotatable bonds is 2. The Morgan fingerprint density at radius 2 is 1.75 bits per heavy atom. The zero-order chi connectivity index (χ0) is 9.19. The molecule has 12 heavy (non-hydrogen) atoms. The molecule has 0 bridgehead atoms. The molecule has 1 aliphatic rings. The van der Waals surface area contributed by atoms with Crippen LogP contribution in [0.25, 0.3) is 0 Å². The van der Waals surface area contributed by atoms with Crippen LogP contribution in [-0.4, -0.2) is 5.91 Å². The highest BCUT2D eigenvalue weighted by atomic mass is 16.1. The molecule has 0 aromatic heterocycles. The van der Waals surface area contributed by atoms with Gasteiger partial charge in [-0.25, -0.2) is 0 Å². The van der Waals surface area contributed by atoms with Crippen LogP contribution < -0.4 is 5.73 Å². The molecule has 2 N–H and O–H groups in total. The number of carbonyl (C=O) groups is 1. The average molecular weight is 169 g/mol. The van der Waals surface area contributed by atoms with Crippen molar-refractivity contribution >= 4 is 5.91 Å². The van der Waals surface area contributed by atoms with Crippen molar-refractivity contribution in [3.63, 3.8) is 0 Å². The SMILES string of the molecule is CC(C)C1(C(N)=O)CCCCC1. The summed E-state index contributed by atoms with van der Waals surface area (Å²) in [6.07, 6.45) is 5.60. The minimum Gasteiger partial charge on any atom is -0.369 e. The molecule has 0 aromatic carbocycles. The van der Waals surface area contributed by atoms with Gasteiger partial charge in [0.05, 0.1) is 5.41 Å². The van der Waals surface area contributed by atoms with Gasteiger partial charge < -0.3 is 5.73 Å². The van der Waals surface area contributed by atoms with Crippen LogP contribution in [0.15, 0.2) is 0 Å². The molecular weight excluding hydrogens is 150 g/mol. The quantitative estimate of drug-likeness (QED) is 0.675. The first kappa shape index (κ1) is 9.56. The molecule has 0 heterocycles. The molecule has 1 fully saturated rings. The van der Waals surface area contributed by atoms with Crippen LogP contribution in [0.5, 0.6) is 0 Å². The first-order chi connectivity index (χ1) is 5.59. The van der Waals surface area contributed by atoms with Gasteiger partial charge >= 0.3 is 0 Å². The van der Waals surface area contributed by atoms with Crippen LogP contribution in [0.3, 0.4) is 0 Å². The summed E-state index contributed by atoms with van der Waals surface area (Å²) in [6.45, 7) is 4.21. The van der Waals surface area contributed by atoms with Crippen molar-refractivity contribution in [1.82, 2.24) is 0 Å². The van der Waals surface area contributed by atoms with Crippen molar-refractivity contribution in [3.05, 3.63) is 0 Å². The molecule has 0 radical (unpaired) electrons. The Morgan fingerprint density at radius 3 is 2.00 bits per heavy atom. The van der Waals surface area contributed by atoms with Crippen LogP contribution in [0.2, 0.25) is 0 Å². The average Bonchev–Trinajstić information content (AvgIpc) is 2.05. The smallest absolute Gasteiger partial charge is 0.223 e. The molecule has 0 saturated heterocycles. The minimum absolute atomic E-state index is 0.0859. The van der Waals surface area contributed by atoms with Gasteiger partial charge in [-0.05, 0) is 18.8 Å².